The van der Waals surface area contributed by atoms with E-state index < -0.39 is 12.1 Å². The van der Waals surface area contributed by atoms with E-state index in [-0.39, 0.29) is 25.0 Å². The highest BCUT2D eigenvalue weighted by atomic mass is 16.5. The van der Waals surface area contributed by atoms with Gasteiger partial charge in [0.1, 0.15) is 18.4 Å². The Morgan fingerprint density at radius 2 is 1.91 bits per heavy atom. The van der Waals surface area contributed by atoms with Crippen LogP contribution >= 0.6 is 0 Å². The summed E-state index contributed by atoms with van der Waals surface area (Å²) in [5.74, 6) is -0.401. The predicted molar refractivity (Wildman–Crippen MR) is 119 cm³/mol. The van der Waals surface area contributed by atoms with Crippen molar-refractivity contribution in [3.8, 4) is 0 Å². The number of ether oxygens (including phenoxy) is 1. The van der Waals surface area contributed by atoms with E-state index in [2.05, 4.69) is 10.4 Å². The Morgan fingerprint density at radius 1 is 1.19 bits per heavy atom. The van der Waals surface area contributed by atoms with Gasteiger partial charge in [0.2, 0.25) is 5.91 Å². The zero-order valence-electron chi connectivity index (χ0n) is 18.1. The van der Waals surface area contributed by atoms with Crippen LogP contribution in [0.4, 0.5) is 5.69 Å². The molecule has 2 unspecified atom stereocenters. The molecule has 1 aliphatic rings. The van der Waals surface area contributed by atoms with Gasteiger partial charge in [0.15, 0.2) is 0 Å². The predicted octanol–water partition coefficient (Wildman–Crippen LogP) is 2.44. The Balaban J connectivity index is 1.49. The third-order valence-corrected chi connectivity index (χ3v) is 5.57. The summed E-state index contributed by atoms with van der Waals surface area (Å²) in [5.41, 5.74) is 3.68. The van der Waals surface area contributed by atoms with Crippen molar-refractivity contribution in [3.63, 3.8) is 0 Å². The van der Waals surface area contributed by atoms with Crippen LogP contribution in [0, 0.1) is 6.92 Å². The van der Waals surface area contributed by atoms with E-state index in [1.165, 1.54) is 0 Å². The summed E-state index contributed by atoms with van der Waals surface area (Å²) in [7, 11) is 1.73. The Hall–Kier alpha value is -3.49. The fourth-order valence-electron chi connectivity index (χ4n) is 3.98. The van der Waals surface area contributed by atoms with Gasteiger partial charge < -0.3 is 20.1 Å². The molecule has 4 rings (SSSR count). The van der Waals surface area contributed by atoms with Gasteiger partial charge in [-0.25, -0.2) is 0 Å². The van der Waals surface area contributed by atoms with Gasteiger partial charge in [-0.1, -0.05) is 42.5 Å². The fraction of sp³-hybridized carbons (Fsp3) is 0.292. The summed E-state index contributed by atoms with van der Waals surface area (Å²) >= 11 is 0. The molecular weight excluding hydrogens is 408 g/mol. The number of aliphatic hydroxyl groups is 1. The third-order valence-electron chi connectivity index (χ3n) is 5.57. The number of hydrogen-bond donors (Lipinski definition) is 2. The first kappa shape index (κ1) is 21.7. The van der Waals surface area contributed by atoms with E-state index in [1.807, 2.05) is 49.4 Å². The number of anilines is 1. The van der Waals surface area contributed by atoms with Crippen LogP contribution in [0.25, 0.3) is 0 Å². The zero-order valence-corrected chi connectivity index (χ0v) is 18.1. The van der Waals surface area contributed by atoms with Crippen LogP contribution in [0.3, 0.4) is 0 Å². The van der Waals surface area contributed by atoms with Gasteiger partial charge in [-0.15, -0.1) is 0 Å². The van der Waals surface area contributed by atoms with E-state index in [4.69, 9.17) is 4.74 Å². The van der Waals surface area contributed by atoms with Gasteiger partial charge in [-0.2, -0.15) is 5.10 Å². The average Bonchev–Trinajstić information content (AvgIpc) is 3.14. The number of benzene rings is 2. The highest BCUT2D eigenvalue weighted by Gasteiger charge is 2.37. The Bertz CT molecular complexity index is 1090. The smallest absolute Gasteiger partial charge is 0.273 e. The minimum atomic E-state index is -0.505. The van der Waals surface area contributed by atoms with Gasteiger partial charge in [0.05, 0.1) is 18.3 Å². The molecule has 1 fully saturated rings. The Labute approximate surface area is 186 Å². The molecule has 1 aromatic heterocycles. The van der Waals surface area contributed by atoms with Crippen molar-refractivity contribution in [2.24, 2.45) is 7.05 Å². The average molecular weight is 434 g/mol. The van der Waals surface area contributed by atoms with Crippen molar-refractivity contribution < 1.29 is 19.4 Å². The van der Waals surface area contributed by atoms with E-state index in [1.54, 1.807) is 34.8 Å². The lowest BCUT2D eigenvalue weighted by Crippen LogP contribution is -2.52. The molecule has 2 atom stereocenters. The second kappa shape index (κ2) is 9.33. The maximum atomic E-state index is 12.5. The standard InChI is InChI=1S/C24H26N4O4/c1-16-12-20(27(2)26-16)24(31)25-19-10-8-18(9-11-19)23-21(14-29)28(22(30)15-32-23)13-17-6-4-3-5-7-17/h3-12,21,23,29H,13-15H2,1-2H3,(H,25,31). The second-order valence-electron chi connectivity index (χ2n) is 7.86. The second-order valence-corrected chi connectivity index (χ2v) is 7.86. The lowest BCUT2D eigenvalue weighted by Gasteiger charge is -2.40. The molecule has 8 heteroatoms. The van der Waals surface area contributed by atoms with Crippen LogP contribution in [0.2, 0.25) is 0 Å². The van der Waals surface area contributed by atoms with Crippen LogP contribution < -0.4 is 5.32 Å². The molecule has 0 bridgehead atoms. The highest BCUT2D eigenvalue weighted by molar-refractivity contribution is 6.03. The van der Waals surface area contributed by atoms with Crippen molar-refractivity contribution in [1.82, 2.24) is 14.7 Å². The van der Waals surface area contributed by atoms with Crippen LogP contribution in [0.15, 0.2) is 60.7 Å². The topological polar surface area (TPSA) is 96.7 Å². The lowest BCUT2D eigenvalue weighted by atomic mass is 9.98. The van der Waals surface area contributed by atoms with E-state index >= 15 is 0 Å². The first-order valence-corrected chi connectivity index (χ1v) is 10.4. The highest BCUT2D eigenvalue weighted by Crippen LogP contribution is 2.31. The number of rotatable bonds is 6. The van der Waals surface area contributed by atoms with Crippen molar-refractivity contribution in [2.75, 3.05) is 18.5 Å². The molecule has 0 saturated carbocycles. The number of carbonyl (C=O) groups excluding carboxylic acids is 2. The number of aliphatic hydroxyl groups excluding tert-OH is 1. The van der Waals surface area contributed by atoms with Crippen molar-refractivity contribution in [2.45, 2.75) is 25.6 Å². The van der Waals surface area contributed by atoms with Gasteiger partial charge in [0, 0.05) is 19.3 Å². The summed E-state index contributed by atoms with van der Waals surface area (Å²) in [6, 6.07) is 18.1. The first-order chi connectivity index (χ1) is 15.5. The molecule has 3 aromatic rings. The Morgan fingerprint density at radius 3 is 2.53 bits per heavy atom. The number of amides is 2. The molecule has 1 saturated heterocycles. The number of aryl methyl sites for hydroxylation is 2. The number of nitrogens with zero attached hydrogens (tertiary/aromatic N) is 3. The van der Waals surface area contributed by atoms with Crippen molar-refractivity contribution >= 4 is 17.5 Å². The number of carbonyl (C=O) groups is 2. The molecule has 166 valence electrons. The monoisotopic (exact) mass is 434 g/mol. The normalized spacial score (nSPS) is 18.6. The molecule has 2 aromatic carbocycles. The minimum absolute atomic E-state index is 0.0493. The summed E-state index contributed by atoms with van der Waals surface area (Å²) in [6.45, 7) is 1.97. The first-order valence-electron chi connectivity index (χ1n) is 10.4. The molecule has 2 N–H and O–H groups in total. The molecule has 8 nitrogen and oxygen atoms in total. The molecule has 2 heterocycles. The summed E-state index contributed by atoms with van der Waals surface area (Å²) in [4.78, 5) is 26.7. The molecule has 0 spiro atoms. The van der Waals surface area contributed by atoms with E-state index in [0.29, 0.717) is 17.9 Å². The van der Waals surface area contributed by atoms with E-state index in [0.717, 1.165) is 16.8 Å². The number of morpholine rings is 1. The fourth-order valence-corrected chi connectivity index (χ4v) is 3.98. The van der Waals surface area contributed by atoms with Crippen LogP contribution in [0.1, 0.15) is 33.4 Å². The van der Waals surface area contributed by atoms with Crippen molar-refractivity contribution in [1.29, 1.82) is 0 Å². The van der Waals surface area contributed by atoms with E-state index in [9.17, 15) is 14.7 Å². The molecule has 32 heavy (non-hydrogen) atoms. The summed E-state index contributed by atoms with van der Waals surface area (Å²) < 4.78 is 7.35. The van der Waals surface area contributed by atoms with Crippen molar-refractivity contribution in [3.05, 3.63) is 83.2 Å². The molecule has 1 aliphatic heterocycles. The SMILES string of the molecule is Cc1cc(C(=O)Nc2ccc(C3OCC(=O)N(Cc4ccccc4)C3CO)cc2)n(C)n1. The molecular formula is C24H26N4O4. The molecule has 0 aliphatic carbocycles. The Kier molecular flexibility index (Phi) is 6.34. The lowest BCUT2D eigenvalue weighted by molar-refractivity contribution is -0.162. The molecule has 2 amide bonds. The quantitative estimate of drug-likeness (QED) is 0.621. The van der Waals surface area contributed by atoms with Crippen LogP contribution in [-0.2, 0) is 23.1 Å². The summed E-state index contributed by atoms with van der Waals surface area (Å²) in [6.07, 6.45) is -0.467. The molecule has 0 radical (unpaired) electrons. The third kappa shape index (κ3) is 4.56. The zero-order chi connectivity index (χ0) is 22.7. The number of hydrogen-bond acceptors (Lipinski definition) is 5. The minimum Gasteiger partial charge on any atom is -0.394 e. The maximum Gasteiger partial charge on any atom is 0.273 e. The number of aromatic nitrogens is 2. The largest absolute Gasteiger partial charge is 0.394 e. The number of nitrogens with one attached hydrogen (secondary N) is 1. The summed E-state index contributed by atoms with van der Waals surface area (Å²) in [5, 5.41) is 17.1. The van der Waals surface area contributed by atoms with Crippen LogP contribution in [0.5, 0.6) is 0 Å². The van der Waals surface area contributed by atoms with Gasteiger partial charge in [0.25, 0.3) is 5.91 Å². The van der Waals surface area contributed by atoms with Gasteiger partial charge >= 0.3 is 0 Å². The van der Waals surface area contributed by atoms with Gasteiger partial charge in [-0.05, 0) is 36.2 Å². The van der Waals surface area contributed by atoms with Gasteiger partial charge in [-0.3, -0.25) is 14.3 Å². The van der Waals surface area contributed by atoms with Crippen LogP contribution in [-0.4, -0.2) is 50.9 Å². The maximum absolute atomic E-state index is 12.5.